The first kappa shape index (κ1) is 12.9. The topological polar surface area (TPSA) is 28.2 Å². The fourth-order valence-electron chi connectivity index (χ4n) is 1.94. The molecule has 0 aliphatic heterocycles. The lowest BCUT2D eigenvalue weighted by atomic mass is 10.2. The Bertz CT molecular complexity index is 752. The molecule has 20 heavy (non-hydrogen) atoms. The zero-order valence-electron chi connectivity index (χ0n) is 11.2. The molecule has 3 nitrogen and oxygen atoms in total. The summed E-state index contributed by atoms with van der Waals surface area (Å²) in [6, 6.07) is 12.7. The molecule has 3 aromatic rings. The Morgan fingerprint density at radius 1 is 1.15 bits per heavy atom. The summed E-state index contributed by atoms with van der Waals surface area (Å²) < 4.78 is 14.1. The highest BCUT2D eigenvalue weighted by Crippen LogP contribution is 2.29. The fourth-order valence-corrected chi connectivity index (χ4v) is 2.81. The summed E-state index contributed by atoms with van der Waals surface area (Å²) in [4.78, 5) is 6.44. The lowest BCUT2D eigenvalue weighted by Gasteiger charge is -2.13. The van der Waals surface area contributed by atoms with Gasteiger partial charge in [0.15, 0.2) is 5.13 Å². The van der Waals surface area contributed by atoms with E-state index in [1.165, 1.54) is 23.5 Å². The van der Waals surface area contributed by atoms with Gasteiger partial charge in [0.05, 0.1) is 10.2 Å². The molecule has 1 N–H and O–H groups in total. The van der Waals surface area contributed by atoms with Crippen molar-refractivity contribution in [1.82, 2.24) is 4.98 Å². The molecule has 0 saturated heterocycles. The molecule has 1 aromatic heterocycles. The molecular weight excluding hydrogens is 273 g/mol. The van der Waals surface area contributed by atoms with Crippen LogP contribution in [-0.4, -0.2) is 19.1 Å². The SMILES string of the molecule is CN(C)c1cccc(Nc2nc3cc(F)ccc3s2)c1. The van der Waals surface area contributed by atoms with E-state index in [1.54, 1.807) is 6.07 Å². The van der Waals surface area contributed by atoms with Crippen LogP contribution in [0.1, 0.15) is 0 Å². The molecule has 1 heterocycles. The number of benzene rings is 2. The molecule has 0 fully saturated rings. The Labute approximate surface area is 120 Å². The van der Waals surface area contributed by atoms with Crippen molar-refractivity contribution >= 4 is 38.1 Å². The molecule has 102 valence electrons. The van der Waals surface area contributed by atoms with E-state index in [0.29, 0.717) is 5.52 Å². The number of rotatable bonds is 3. The molecule has 0 saturated carbocycles. The monoisotopic (exact) mass is 287 g/mol. The van der Waals surface area contributed by atoms with Gasteiger partial charge in [-0.25, -0.2) is 9.37 Å². The molecule has 0 unspecified atom stereocenters. The molecule has 5 heteroatoms. The summed E-state index contributed by atoms with van der Waals surface area (Å²) in [5.41, 5.74) is 2.76. The largest absolute Gasteiger partial charge is 0.378 e. The van der Waals surface area contributed by atoms with E-state index in [9.17, 15) is 4.39 Å². The molecular formula is C15H14FN3S. The third kappa shape index (κ3) is 2.58. The Hall–Kier alpha value is -2.14. The second-order valence-electron chi connectivity index (χ2n) is 4.70. The number of nitrogens with zero attached hydrogens (tertiary/aromatic N) is 2. The zero-order chi connectivity index (χ0) is 14.1. The van der Waals surface area contributed by atoms with Gasteiger partial charge in [0.1, 0.15) is 5.82 Å². The molecule has 0 radical (unpaired) electrons. The molecule has 2 aromatic carbocycles. The summed E-state index contributed by atoms with van der Waals surface area (Å²) in [6.45, 7) is 0. The van der Waals surface area contributed by atoms with E-state index < -0.39 is 0 Å². The highest BCUT2D eigenvalue weighted by atomic mass is 32.1. The third-order valence-electron chi connectivity index (χ3n) is 2.96. The summed E-state index contributed by atoms with van der Waals surface area (Å²) in [5.74, 6) is -0.260. The van der Waals surface area contributed by atoms with Crippen LogP contribution in [0.5, 0.6) is 0 Å². The van der Waals surface area contributed by atoms with Crippen molar-refractivity contribution in [1.29, 1.82) is 0 Å². The maximum absolute atomic E-state index is 13.2. The third-order valence-corrected chi connectivity index (χ3v) is 3.92. The van der Waals surface area contributed by atoms with Crippen LogP contribution in [0.3, 0.4) is 0 Å². The van der Waals surface area contributed by atoms with E-state index in [0.717, 1.165) is 21.2 Å². The second kappa shape index (κ2) is 5.09. The maximum Gasteiger partial charge on any atom is 0.188 e. The number of aromatic nitrogens is 1. The van der Waals surface area contributed by atoms with Gasteiger partial charge >= 0.3 is 0 Å². The van der Waals surface area contributed by atoms with Gasteiger partial charge in [0, 0.05) is 31.5 Å². The van der Waals surface area contributed by atoms with Crippen LogP contribution in [0.2, 0.25) is 0 Å². The predicted octanol–water partition coefficient (Wildman–Crippen LogP) is 4.25. The fraction of sp³-hybridized carbons (Fsp3) is 0.133. The number of halogens is 1. The summed E-state index contributed by atoms with van der Waals surface area (Å²) in [6.07, 6.45) is 0. The maximum atomic E-state index is 13.2. The first-order chi connectivity index (χ1) is 9.61. The highest BCUT2D eigenvalue weighted by molar-refractivity contribution is 7.22. The molecule has 0 amide bonds. The number of thiazole rings is 1. The van der Waals surface area contributed by atoms with Crippen LogP contribution in [0.4, 0.5) is 20.9 Å². The van der Waals surface area contributed by atoms with Crippen LogP contribution < -0.4 is 10.2 Å². The molecule has 0 aliphatic carbocycles. The Balaban J connectivity index is 1.90. The average Bonchev–Trinajstić information content (AvgIpc) is 2.80. The van der Waals surface area contributed by atoms with Crippen molar-refractivity contribution in [2.75, 3.05) is 24.3 Å². The minimum Gasteiger partial charge on any atom is -0.378 e. The van der Waals surface area contributed by atoms with E-state index in [2.05, 4.69) is 10.3 Å². The summed E-state index contributed by atoms with van der Waals surface area (Å²) in [7, 11) is 4.00. The number of fused-ring (bicyclic) bond motifs is 1. The van der Waals surface area contributed by atoms with Crippen LogP contribution in [0.25, 0.3) is 10.2 Å². The van der Waals surface area contributed by atoms with E-state index in [1.807, 2.05) is 43.3 Å². The first-order valence-corrected chi connectivity index (χ1v) is 7.04. The van der Waals surface area contributed by atoms with Crippen molar-refractivity contribution in [2.24, 2.45) is 0 Å². The zero-order valence-corrected chi connectivity index (χ0v) is 12.0. The van der Waals surface area contributed by atoms with Crippen LogP contribution in [-0.2, 0) is 0 Å². The van der Waals surface area contributed by atoms with Crippen molar-refractivity contribution in [2.45, 2.75) is 0 Å². The van der Waals surface area contributed by atoms with Gasteiger partial charge in [0.25, 0.3) is 0 Å². The molecule has 0 bridgehead atoms. The van der Waals surface area contributed by atoms with Gasteiger partial charge in [0.2, 0.25) is 0 Å². The van der Waals surface area contributed by atoms with Crippen molar-refractivity contribution < 1.29 is 4.39 Å². The van der Waals surface area contributed by atoms with Crippen molar-refractivity contribution in [3.05, 3.63) is 48.3 Å². The molecule has 0 spiro atoms. The van der Waals surface area contributed by atoms with Crippen LogP contribution in [0, 0.1) is 5.82 Å². The molecule has 0 atom stereocenters. The predicted molar refractivity (Wildman–Crippen MR) is 83.6 cm³/mol. The van der Waals surface area contributed by atoms with Gasteiger partial charge in [-0.05, 0) is 30.3 Å². The highest BCUT2D eigenvalue weighted by Gasteiger charge is 2.05. The number of nitrogens with one attached hydrogen (secondary N) is 1. The van der Waals surface area contributed by atoms with E-state index in [-0.39, 0.29) is 5.82 Å². The molecule has 3 rings (SSSR count). The lowest BCUT2D eigenvalue weighted by molar-refractivity contribution is 0.629. The lowest BCUT2D eigenvalue weighted by Crippen LogP contribution is -2.08. The first-order valence-electron chi connectivity index (χ1n) is 6.22. The van der Waals surface area contributed by atoms with Gasteiger partial charge in [-0.1, -0.05) is 17.4 Å². The quantitative estimate of drug-likeness (QED) is 0.780. The standard InChI is InChI=1S/C15H14FN3S/c1-19(2)12-5-3-4-11(9-12)17-15-18-13-8-10(16)6-7-14(13)20-15/h3-9H,1-2H3,(H,17,18). The summed E-state index contributed by atoms with van der Waals surface area (Å²) in [5, 5.41) is 4.03. The van der Waals surface area contributed by atoms with Gasteiger partial charge in [-0.15, -0.1) is 0 Å². The Kier molecular flexibility index (Phi) is 3.28. The Morgan fingerprint density at radius 2 is 2.00 bits per heavy atom. The van der Waals surface area contributed by atoms with Crippen LogP contribution in [0.15, 0.2) is 42.5 Å². The van der Waals surface area contributed by atoms with Gasteiger partial charge in [-0.3, -0.25) is 0 Å². The van der Waals surface area contributed by atoms with E-state index in [4.69, 9.17) is 0 Å². The normalized spacial score (nSPS) is 10.8. The van der Waals surface area contributed by atoms with Crippen molar-refractivity contribution in [3.63, 3.8) is 0 Å². The van der Waals surface area contributed by atoms with Gasteiger partial charge in [-0.2, -0.15) is 0 Å². The smallest absolute Gasteiger partial charge is 0.188 e. The Morgan fingerprint density at radius 3 is 2.80 bits per heavy atom. The molecule has 0 aliphatic rings. The minimum atomic E-state index is -0.260. The summed E-state index contributed by atoms with van der Waals surface area (Å²) >= 11 is 1.51. The number of hydrogen-bond donors (Lipinski definition) is 1. The second-order valence-corrected chi connectivity index (χ2v) is 5.73. The van der Waals surface area contributed by atoms with Crippen molar-refractivity contribution in [3.8, 4) is 0 Å². The van der Waals surface area contributed by atoms with E-state index >= 15 is 0 Å². The number of hydrogen-bond acceptors (Lipinski definition) is 4. The minimum absolute atomic E-state index is 0.260. The average molecular weight is 287 g/mol. The van der Waals surface area contributed by atoms with Gasteiger partial charge < -0.3 is 10.2 Å². The van der Waals surface area contributed by atoms with Crippen LogP contribution >= 0.6 is 11.3 Å². The number of anilines is 3.